The van der Waals surface area contributed by atoms with E-state index in [0.29, 0.717) is 5.92 Å². The van der Waals surface area contributed by atoms with Gasteiger partial charge >= 0.3 is 0 Å². The number of fused-ring (bicyclic) bond motifs is 1. The van der Waals surface area contributed by atoms with E-state index in [1.807, 2.05) is 12.1 Å². The molecule has 3 aliphatic rings. The monoisotopic (exact) mass is 316 g/mol. The largest absolute Gasteiger partial charge is 0.497 e. The molecule has 0 N–H and O–H groups in total. The number of nitrogens with zero attached hydrogens (tertiary/aromatic N) is 2. The molecular formula is C18H24N2O3. The van der Waals surface area contributed by atoms with Gasteiger partial charge in [-0.2, -0.15) is 0 Å². The van der Waals surface area contributed by atoms with E-state index < -0.39 is 0 Å². The van der Waals surface area contributed by atoms with Crippen LogP contribution in [0.1, 0.15) is 31.2 Å². The summed E-state index contributed by atoms with van der Waals surface area (Å²) in [5, 5.41) is 4.55. The molecule has 0 amide bonds. The van der Waals surface area contributed by atoms with Crippen molar-refractivity contribution >= 4 is 5.71 Å². The third-order valence-corrected chi connectivity index (χ3v) is 5.39. The standard InChI is InChI=1S/C18H24N2O3/c1-21-15-7-5-14(6-8-15)17-16-4-2-3-9-18(16,23-19-17)20-10-12-22-13-11-20/h5-8,16H,2-4,9-13H2,1H3. The van der Waals surface area contributed by atoms with Gasteiger partial charge in [-0.25, -0.2) is 0 Å². The molecule has 124 valence electrons. The van der Waals surface area contributed by atoms with E-state index >= 15 is 0 Å². The minimum Gasteiger partial charge on any atom is -0.497 e. The molecule has 0 spiro atoms. The van der Waals surface area contributed by atoms with Crippen LogP contribution in [-0.2, 0) is 9.57 Å². The number of benzene rings is 1. The minimum atomic E-state index is -0.253. The molecule has 2 atom stereocenters. The number of hydrogen-bond acceptors (Lipinski definition) is 5. The van der Waals surface area contributed by atoms with Gasteiger partial charge in [-0.05, 0) is 37.1 Å². The quantitative estimate of drug-likeness (QED) is 0.860. The van der Waals surface area contributed by atoms with Crippen LogP contribution < -0.4 is 4.74 Å². The Hall–Kier alpha value is -1.59. The lowest BCUT2D eigenvalue weighted by atomic mass is 9.76. The molecule has 0 bridgehead atoms. The number of rotatable bonds is 3. The topological polar surface area (TPSA) is 43.3 Å². The van der Waals surface area contributed by atoms with Gasteiger partial charge < -0.3 is 14.3 Å². The maximum Gasteiger partial charge on any atom is 0.200 e. The number of oxime groups is 1. The zero-order valence-corrected chi connectivity index (χ0v) is 13.7. The zero-order valence-electron chi connectivity index (χ0n) is 13.7. The summed E-state index contributed by atoms with van der Waals surface area (Å²) in [5.41, 5.74) is 1.99. The molecule has 23 heavy (non-hydrogen) atoms. The van der Waals surface area contributed by atoms with Crippen molar-refractivity contribution in [2.75, 3.05) is 33.4 Å². The van der Waals surface area contributed by atoms with Crippen LogP contribution in [0.25, 0.3) is 0 Å². The van der Waals surface area contributed by atoms with Gasteiger partial charge in [-0.3, -0.25) is 4.90 Å². The second-order valence-electron chi connectivity index (χ2n) is 6.54. The molecule has 2 unspecified atom stereocenters. The first-order chi connectivity index (χ1) is 11.3. The molecule has 1 saturated carbocycles. The average molecular weight is 316 g/mol. The van der Waals surface area contributed by atoms with Gasteiger partial charge in [0.1, 0.15) is 5.75 Å². The smallest absolute Gasteiger partial charge is 0.200 e. The van der Waals surface area contributed by atoms with Crippen molar-refractivity contribution in [2.45, 2.75) is 31.4 Å². The molecule has 4 rings (SSSR count). The van der Waals surface area contributed by atoms with Crippen LogP contribution in [0.15, 0.2) is 29.4 Å². The molecular weight excluding hydrogens is 292 g/mol. The lowest BCUT2D eigenvalue weighted by molar-refractivity contribution is -0.195. The number of ether oxygens (including phenoxy) is 2. The Balaban J connectivity index is 1.62. The molecule has 2 heterocycles. The highest BCUT2D eigenvalue weighted by molar-refractivity contribution is 6.03. The van der Waals surface area contributed by atoms with Crippen LogP contribution in [0.4, 0.5) is 0 Å². The summed E-state index contributed by atoms with van der Waals surface area (Å²) in [6.45, 7) is 3.44. The van der Waals surface area contributed by atoms with Gasteiger partial charge in [0.2, 0.25) is 0 Å². The molecule has 5 heteroatoms. The Kier molecular flexibility index (Phi) is 3.99. The third-order valence-electron chi connectivity index (χ3n) is 5.39. The van der Waals surface area contributed by atoms with Crippen molar-refractivity contribution in [3.8, 4) is 5.75 Å². The number of methoxy groups -OCH3 is 1. The summed E-state index contributed by atoms with van der Waals surface area (Å²) in [6.07, 6.45) is 4.65. The first kappa shape index (κ1) is 15.0. The van der Waals surface area contributed by atoms with Crippen LogP contribution >= 0.6 is 0 Å². The van der Waals surface area contributed by atoms with Crippen molar-refractivity contribution in [3.63, 3.8) is 0 Å². The summed E-state index contributed by atoms with van der Waals surface area (Å²) >= 11 is 0. The van der Waals surface area contributed by atoms with E-state index in [4.69, 9.17) is 14.3 Å². The molecule has 5 nitrogen and oxygen atoms in total. The van der Waals surface area contributed by atoms with Crippen molar-refractivity contribution in [2.24, 2.45) is 11.1 Å². The lowest BCUT2D eigenvalue weighted by Crippen LogP contribution is -2.59. The second-order valence-corrected chi connectivity index (χ2v) is 6.54. The van der Waals surface area contributed by atoms with E-state index in [2.05, 4.69) is 22.2 Å². The summed E-state index contributed by atoms with van der Waals surface area (Å²) in [7, 11) is 1.69. The van der Waals surface area contributed by atoms with E-state index in [1.54, 1.807) is 7.11 Å². The summed E-state index contributed by atoms with van der Waals surface area (Å²) in [5.74, 6) is 1.22. The van der Waals surface area contributed by atoms with Crippen molar-refractivity contribution < 1.29 is 14.3 Å². The van der Waals surface area contributed by atoms with E-state index in [9.17, 15) is 0 Å². The van der Waals surface area contributed by atoms with Crippen molar-refractivity contribution in [1.82, 2.24) is 4.90 Å². The van der Waals surface area contributed by atoms with Gasteiger partial charge in [0.25, 0.3) is 0 Å². The first-order valence-electron chi connectivity index (χ1n) is 8.57. The van der Waals surface area contributed by atoms with E-state index in [1.165, 1.54) is 12.8 Å². The predicted molar refractivity (Wildman–Crippen MR) is 87.7 cm³/mol. The van der Waals surface area contributed by atoms with Crippen molar-refractivity contribution in [1.29, 1.82) is 0 Å². The molecule has 1 aliphatic carbocycles. The highest BCUT2D eigenvalue weighted by Crippen LogP contribution is 2.45. The molecule has 0 aromatic heterocycles. The second kappa shape index (κ2) is 6.13. The fourth-order valence-corrected chi connectivity index (χ4v) is 4.17. The van der Waals surface area contributed by atoms with Gasteiger partial charge in [-0.1, -0.05) is 11.6 Å². The maximum absolute atomic E-state index is 6.13. The summed E-state index contributed by atoms with van der Waals surface area (Å²) < 4.78 is 10.8. The van der Waals surface area contributed by atoms with Crippen LogP contribution in [0, 0.1) is 5.92 Å². The Morgan fingerprint density at radius 1 is 1.17 bits per heavy atom. The zero-order chi connectivity index (χ0) is 15.7. The highest BCUT2D eigenvalue weighted by Gasteiger charge is 2.54. The van der Waals surface area contributed by atoms with Crippen LogP contribution in [0.3, 0.4) is 0 Å². The molecule has 1 aromatic rings. The van der Waals surface area contributed by atoms with Crippen LogP contribution in [0.2, 0.25) is 0 Å². The molecule has 1 saturated heterocycles. The molecule has 2 fully saturated rings. The summed E-state index contributed by atoms with van der Waals surface area (Å²) in [6, 6.07) is 8.17. The predicted octanol–water partition coefficient (Wildman–Crippen LogP) is 2.65. The van der Waals surface area contributed by atoms with E-state index in [-0.39, 0.29) is 5.72 Å². The summed E-state index contributed by atoms with van der Waals surface area (Å²) in [4.78, 5) is 8.59. The van der Waals surface area contributed by atoms with Gasteiger partial charge in [0.15, 0.2) is 5.72 Å². The highest BCUT2D eigenvalue weighted by atomic mass is 16.7. The van der Waals surface area contributed by atoms with Crippen LogP contribution in [-0.4, -0.2) is 49.7 Å². The minimum absolute atomic E-state index is 0.253. The maximum atomic E-state index is 6.13. The fourth-order valence-electron chi connectivity index (χ4n) is 4.17. The molecule has 1 aromatic carbocycles. The first-order valence-corrected chi connectivity index (χ1v) is 8.57. The van der Waals surface area contributed by atoms with Gasteiger partial charge in [-0.15, -0.1) is 0 Å². The Morgan fingerprint density at radius 3 is 2.70 bits per heavy atom. The van der Waals surface area contributed by atoms with Gasteiger partial charge in [0.05, 0.1) is 32.0 Å². The Morgan fingerprint density at radius 2 is 1.96 bits per heavy atom. The number of morpholine rings is 1. The van der Waals surface area contributed by atoms with Crippen molar-refractivity contribution in [3.05, 3.63) is 29.8 Å². The molecule has 0 radical (unpaired) electrons. The molecule has 2 aliphatic heterocycles. The Bertz CT molecular complexity index is 580. The third kappa shape index (κ3) is 2.52. The Labute approximate surface area is 137 Å². The van der Waals surface area contributed by atoms with Crippen LogP contribution in [0.5, 0.6) is 5.75 Å². The normalized spacial score (nSPS) is 31.2. The fraction of sp³-hybridized carbons (Fsp3) is 0.611. The number of hydrogen-bond donors (Lipinski definition) is 0. The average Bonchev–Trinajstić information content (AvgIpc) is 3.03. The van der Waals surface area contributed by atoms with E-state index in [0.717, 1.165) is 56.2 Å². The van der Waals surface area contributed by atoms with Gasteiger partial charge in [0, 0.05) is 25.1 Å². The SMILES string of the molecule is COc1ccc(C2=NOC3(N4CCOCC4)CCCCC23)cc1. The lowest BCUT2D eigenvalue weighted by Gasteiger charge is -2.46.